The zero-order valence-electron chi connectivity index (χ0n) is 7.27. The summed E-state index contributed by atoms with van der Waals surface area (Å²) in [4.78, 5) is 11.4. The van der Waals surface area contributed by atoms with Crippen molar-refractivity contribution >= 4 is 12.4 Å². The number of hydrogen-bond donors (Lipinski definition) is 0. The van der Waals surface area contributed by atoms with Gasteiger partial charge in [-0.3, -0.25) is 9.98 Å². The predicted octanol–water partition coefficient (Wildman–Crippen LogP) is 1.05. The Morgan fingerprint density at radius 2 is 1.83 bits per heavy atom. The first-order valence-electron chi connectivity index (χ1n) is 4.69. The zero-order chi connectivity index (χ0) is 8.18. The van der Waals surface area contributed by atoms with Gasteiger partial charge in [0.25, 0.3) is 0 Å². The molecule has 0 aliphatic carbocycles. The van der Waals surface area contributed by atoms with Gasteiger partial charge >= 0.3 is 0 Å². The van der Waals surface area contributed by atoms with E-state index in [0.717, 1.165) is 0 Å². The van der Waals surface area contributed by atoms with Gasteiger partial charge in [0, 0.05) is 24.5 Å². The second-order valence-corrected chi connectivity index (χ2v) is 4.00. The van der Waals surface area contributed by atoms with Crippen molar-refractivity contribution in [2.24, 2.45) is 9.98 Å². The van der Waals surface area contributed by atoms with Crippen LogP contribution < -0.4 is 0 Å². The van der Waals surface area contributed by atoms with Gasteiger partial charge < -0.3 is 0 Å². The minimum atomic E-state index is -0.226. The molecule has 0 N–H and O–H groups in total. The molecule has 0 aromatic heterocycles. The van der Waals surface area contributed by atoms with E-state index in [2.05, 4.69) is 34.2 Å². The van der Waals surface area contributed by atoms with Gasteiger partial charge in [-0.05, 0) is 26.2 Å². The second-order valence-electron chi connectivity index (χ2n) is 4.00. The van der Waals surface area contributed by atoms with Gasteiger partial charge in [0.2, 0.25) is 5.79 Å². The van der Waals surface area contributed by atoms with Crippen LogP contribution in [0.3, 0.4) is 0 Å². The molecular formula is C9H13N3. The van der Waals surface area contributed by atoms with Crippen LogP contribution >= 0.6 is 0 Å². The summed E-state index contributed by atoms with van der Waals surface area (Å²) in [7, 11) is 0. The number of aliphatic imine (C=N–C) groups is 2. The van der Waals surface area contributed by atoms with E-state index < -0.39 is 0 Å². The summed E-state index contributed by atoms with van der Waals surface area (Å²) in [5.74, 6) is -0.226. The fourth-order valence-corrected chi connectivity index (χ4v) is 2.60. The molecule has 0 amide bonds. The van der Waals surface area contributed by atoms with E-state index >= 15 is 0 Å². The molecule has 3 rings (SSSR count). The van der Waals surface area contributed by atoms with E-state index in [1.54, 1.807) is 0 Å². The molecular weight excluding hydrogens is 150 g/mol. The molecule has 0 aromatic carbocycles. The summed E-state index contributed by atoms with van der Waals surface area (Å²) < 4.78 is 0. The van der Waals surface area contributed by atoms with E-state index in [-0.39, 0.29) is 5.79 Å². The lowest BCUT2D eigenvalue weighted by molar-refractivity contribution is 0.0863. The van der Waals surface area contributed by atoms with Gasteiger partial charge in [0.15, 0.2) is 0 Å². The molecule has 2 unspecified atom stereocenters. The molecule has 3 heteroatoms. The van der Waals surface area contributed by atoms with Crippen LogP contribution in [-0.4, -0.2) is 35.2 Å². The maximum Gasteiger partial charge on any atom is 0.204 e. The average molecular weight is 163 g/mol. The Morgan fingerprint density at radius 1 is 1.25 bits per heavy atom. The third-order valence-electron chi connectivity index (χ3n) is 3.19. The second kappa shape index (κ2) is 1.96. The zero-order valence-corrected chi connectivity index (χ0v) is 7.27. The predicted molar refractivity (Wildman–Crippen MR) is 48.7 cm³/mol. The summed E-state index contributed by atoms with van der Waals surface area (Å²) in [5, 5.41) is 0. The van der Waals surface area contributed by atoms with Crippen LogP contribution in [0.25, 0.3) is 0 Å². The number of nitrogens with zero attached hydrogens (tertiary/aromatic N) is 3. The minimum Gasteiger partial charge on any atom is -0.252 e. The van der Waals surface area contributed by atoms with Crippen LogP contribution in [0.5, 0.6) is 0 Å². The smallest absolute Gasteiger partial charge is 0.204 e. The summed E-state index contributed by atoms with van der Waals surface area (Å²) in [5.41, 5.74) is 0. The van der Waals surface area contributed by atoms with E-state index in [1.807, 2.05) is 0 Å². The van der Waals surface area contributed by atoms with Crippen LogP contribution in [-0.2, 0) is 0 Å². The van der Waals surface area contributed by atoms with Crippen LogP contribution in [0.4, 0.5) is 0 Å². The first-order chi connectivity index (χ1) is 5.80. The normalized spacial score (nSPS) is 50.1. The lowest BCUT2D eigenvalue weighted by Crippen LogP contribution is -2.49. The molecule has 2 atom stereocenters. The van der Waals surface area contributed by atoms with Gasteiger partial charge in [0.1, 0.15) is 0 Å². The molecule has 0 spiro atoms. The molecule has 1 fully saturated rings. The fraction of sp³-hybridized carbons (Fsp3) is 0.778. The summed E-state index contributed by atoms with van der Waals surface area (Å²) in [6, 6.07) is 1.13. The van der Waals surface area contributed by atoms with Gasteiger partial charge in [-0.15, -0.1) is 0 Å². The van der Waals surface area contributed by atoms with Crippen LogP contribution in [0.1, 0.15) is 26.2 Å². The van der Waals surface area contributed by atoms with Gasteiger partial charge in [0.05, 0.1) is 0 Å². The lowest BCUT2D eigenvalue weighted by Gasteiger charge is -2.36. The first-order valence-corrected chi connectivity index (χ1v) is 4.69. The largest absolute Gasteiger partial charge is 0.252 e. The fourth-order valence-electron chi connectivity index (χ4n) is 2.60. The average Bonchev–Trinajstić information content (AvgIpc) is 2.58. The van der Waals surface area contributed by atoms with Gasteiger partial charge in [-0.2, -0.15) is 0 Å². The Kier molecular flexibility index (Phi) is 1.11. The number of piperidine rings is 1. The van der Waals surface area contributed by atoms with E-state index in [4.69, 9.17) is 0 Å². The van der Waals surface area contributed by atoms with Crippen molar-refractivity contribution in [2.75, 3.05) is 0 Å². The van der Waals surface area contributed by atoms with Crippen LogP contribution in [0.2, 0.25) is 0 Å². The molecule has 0 aromatic rings. The quantitative estimate of drug-likeness (QED) is 0.524. The van der Waals surface area contributed by atoms with E-state index in [0.29, 0.717) is 12.1 Å². The van der Waals surface area contributed by atoms with Crippen molar-refractivity contribution in [3.05, 3.63) is 0 Å². The molecule has 0 bridgehead atoms. The molecule has 3 aliphatic rings. The Labute approximate surface area is 72.2 Å². The third-order valence-corrected chi connectivity index (χ3v) is 3.19. The van der Waals surface area contributed by atoms with E-state index in [1.165, 1.54) is 19.3 Å². The first kappa shape index (κ1) is 6.78. The van der Waals surface area contributed by atoms with Crippen molar-refractivity contribution in [1.29, 1.82) is 0 Å². The molecule has 1 saturated heterocycles. The van der Waals surface area contributed by atoms with Crippen LogP contribution in [0, 0.1) is 0 Å². The Bertz CT molecular complexity index is 247. The van der Waals surface area contributed by atoms with Crippen molar-refractivity contribution in [1.82, 2.24) is 4.90 Å². The Hall–Kier alpha value is -0.700. The molecule has 3 nitrogen and oxygen atoms in total. The topological polar surface area (TPSA) is 28.0 Å². The highest BCUT2D eigenvalue weighted by Crippen LogP contribution is 2.38. The number of hydrogen-bond acceptors (Lipinski definition) is 3. The minimum absolute atomic E-state index is 0.226. The standard InChI is InChI=1S/C9H13N3/c1-9-10-5-7-3-2-4-8(6-11-9)12(7)9/h5-8H,2-4H2,1H3. The summed E-state index contributed by atoms with van der Waals surface area (Å²) in [6.07, 6.45) is 8.02. The molecule has 64 valence electrons. The number of rotatable bonds is 0. The monoisotopic (exact) mass is 163 g/mol. The summed E-state index contributed by atoms with van der Waals surface area (Å²) in [6.45, 7) is 2.10. The van der Waals surface area contributed by atoms with Crippen molar-refractivity contribution in [3.63, 3.8) is 0 Å². The Morgan fingerprint density at radius 3 is 2.42 bits per heavy atom. The highest BCUT2D eigenvalue weighted by atomic mass is 15.5. The van der Waals surface area contributed by atoms with Gasteiger partial charge in [-0.1, -0.05) is 0 Å². The highest BCUT2D eigenvalue weighted by molar-refractivity contribution is 5.76. The third kappa shape index (κ3) is 0.654. The van der Waals surface area contributed by atoms with Crippen molar-refractivity contribution in [2.45, 2.75) is 44.1 Å². The lowest BCUT2D eigenvalue weighted by atomic mass is 9.98. The van der Waals surface area contributed by atoms with Crippen LogP contribution in [0.15, 0.2) is 9.98 Å². The molecule has 0 saturated carbocycles. The maximum atomic E-state index is 4.48. The molecule has 0 radical (unpaired) electrons. The SMILES string of the molecule is CC12N=CC3CCCC(C=N1)N32. The Balaban J connectivity index is 2.04. The molecule has 3 aliphatic heterocycles. The summed E-state index contributed by atoms with van der Waals surface area (Å²) >= 11 is 0. The highest BCUT2D eigenvalue weighted by Gasteiger charge is 2.48. The van der Waals surface area contributed by atoms with Gasteiger partial charge in [-0.25, -0.2) is 4.90 Å². The molecule has 3 heterocycles. The van der Waals surface area contributed by atoms with Crippen molar-refractivity contribution < 1.29 is 0 Å². The maximum absolute atomic E-state index is 4.48. The van der Waals surface area contributed by atoms with E-state index in [9.17, 15) is 0 Å². The molecule has 12 heavy (non-hydrogen) atoms. The van der Waals surface area contributed by atoms with Crippen molar-refractivity contribution in [3.8, 4) is 0 Å².